The fourth-order valence-electron chi connectivity index (χ4n) is 2.44. The van der Waals surface area contributed by atoms with Crippen molar-refractivity contribution >= 4 is 17.3 Å². The zero-order valence-electron chi connectivity index (χ0n) is 14.0. The first-order valence-corrected chi connectivity index (χ1v) is 8.07. The number of aromatic nitrogens is 1. The molecule has 2 aromatic carbocycles. The van der Waals surface area contributed by atoms with Gasteiger partial charge in [0.05, 0.1) is 17.9 Å². The van der Waals surface area contributed by atoms with Gasteiger partial charge in [-0.15, -0.1) is 0 Å². The summed E-state index contributed by atoms with van der Waals surface area (Å²) in [5.41, 5.74) is 2.21. The number of benzene rings is 2. The minimum Gasteiger partial charge on any atom is -0.354 e. The molecule has 1 aromatic heterocycles. The third-order valence-electron chi connectivity index (χ3n) is 3.85. The maximum atomic E-state index is 13.2. The molecule has 3 aromatic rings. The first-order valence-electron chi connectivity index (χ1n) is 8.07. The van der Waals surface area contributed by atoms with Gasteiger partial charge in [-0.25, -0.2) is 13.8 Å². The van der Waals surface area contributed by atoms with Gasteiger partial charge < -0.3 is 10.6 Å². The molecule has 132 valence electrons. The van der Waals surface area contributed by atoms with Gasteiger partial charge in [0.2, 0.25) is 0 Å². The van der Waals surface area contributed by atoms with E-state index in [1.807, 2.05) is 37.3 Å². The maximum absolute atomic E-state index is 13.2. The number of anilines is 2. The first kappa shape index (κ1) is 17.5. The van der Waals surface area contributed by atoms with Crippen molar-refractivity contribution in [2.24, 2.45) is 0 Å². The van der Waals surface area contributed by atoms with Gasteiger partial charge in [-0.2, -0.15) is 0 Å². The number of hydrogen-bond donors (Lipinski definition) is 2. The van der Waals surface area contributed by atoms with Crippen molar-refractivity contribution in [1.29, 1.82) is 0 Å². The van der Waals surface area contributed by atoms with E-state index in [1.165, 1.54) is 12.3 Å². The quantitative estimate of drug-likeness (QED) is 0.705. The Morgan fingerprint density at radius 2 is 1.69 bits per heavy atom. The Labute approximate surface area is 149 Å². The van der Waals surface area contributed by atoms with Crippen molar-refractivity contribution in [2.45, 2.75) is 13.0 Å². The number of nitrogens with one attached hydrogen (secondary N) is 2. The molecule has 0 aliphatic heterocycles. The molecule has 1 atom stereocenters. The molecule has 0 aliphatic rings. The van der Waals surface area contributed by atoms with Crippen LogP contribution >= 0.6 is 0 Å². The van der Waals surface area contributed by atoms with Crippen LogP contribution in [0.25, 0.3) is 0 Å². The molecule has 6 heteroatoms. The Balaban J connectivity index is 1.65. The Morgan fingerprint density at radius 3 is 2.35 bits per heavy atom. The van der Waals surface area contributed by atoms with E-state index in [1.54, 1.807) is 12.1 Å². The summed E-state index contributed by atoms with van der Waals surface area (Å²) in [5, 5.41) is 5.79. The number of amides is 1. The number of halogens is 2. The monoisotopic (exact) mass is 353 g/mol. The summed E-state index contributed by atoms with van der Waals surface area (Å²) < 4.78 is 26.2. The molecular weight excluding hydrogens is 336 g/mol. The highest BCUT2D eigenvalue weighted by Gasteiger charge is 2.12. The highest BCUT2D eigenvalue weighted by Crippen LogP contribution is 2.19. The lowest BCUT2D eigenvalue weighted by Crippen LogP contribution is -2.27. The van der Waals surface area contributed by atoms with Crippen LogP contribution in [0.5, 0.6) is 0 Å². The van der Waals surface area contributed by atoms with Gasteiger partial charge in [0.15, 0.2) is 11.6 Å². The number of carbonyl (C=O) groups is 1. The first-order chi connectivity index (χ1) is 12.5. The Bertz CT molecular complexity index is 899. The zero-order chi connectivity index (χ0) is 18.5. The third-order valence-corrected chi connectivity index (χ3v) is 3.85. The van der Waals surface area contributed by atoms with Gasteiger partial charge in [0.25, 0.3) is 5.91 Å². The molecule has 0 aliphatic carbocycles. The van der Waals surface area contributed by atoms with Crippen LogP contribution in [0.4, 0.5) is 20.2 Å². The number of pyridine rings is 1. The SMILES string of the molecule is CC(NC(=O)c1ccc(Nc2ccc(F)c(F)c2)cn1)c1ccccc1. The van der Waals surface area contributed by atoms with E-state index in [0.717, 1.165) is 17.7 Å². The lowest BCUT2D eigenvalue weighted by atomic mass is 10.1. The molecule has 1 heterocycles. The number of hydrogen-bond acceptors (Lipinski definition) is 3. The normalized spacial score (nSPS) is 11.7. The summed E-state index contributed by atoms with van der Waals surface area (Å²) in [6.07, 6.45) is 1.46. The molecule has 0 radical (unpaired) electrons. The fourth-order valence-corrected chi connectivity index (χ4v) is 2.44. The summed E-state index contributed by atoms with van der Waals surface area (Å²) in [5.74, 6) is -2.14. The van der Waals surface area contributed by atoms with E-state index in [2.05, 4.69) is 15.6 Å². The predicted molar refractivity (Wildman–Crippen MR) is 96.2 cm³/mol. The second-order valence-electron chi connectivity index (χ2n) is 5.79. The summed E-state index contributed by atoms with van der Waals surface area (Å²) in [6.45, 7) is 1.90. The van der Waals surface area contributed by atoms with Crippen LogP contribution in [-0.2, 0) is 0 Å². The van der Waals surface area contributed by atoms with E-state index in [0.29, 0.717) is 11.4 Å². The summed E-state index contributed by atoms with van der Waals surface area (Å²) >= 11 is 0. The van der Waals surface area contributed by atoms with Crippen LogP contribution in [-0.4, -0.2) is 10.9 Å². The van der Waals surface area contributed by atoms with E-state index in [9.17, 15) is 13.6 Å². The van der Waals surface area contributed by atoms with Crippen LogP contribution in [0.3, 0.4) is 0 Å². The lowest BCUT2D eigenvalue weighted by molar-refractivity contribution is 0.0935. The molecule has 2 N–H and O–H groups in total. The molecule has 1 unspecified atom stereocenters. The van der Waals surface area contributed by atoms with Crippen LogP contribution in [0, 0.1) is 11.6 Å². The predicted octanol–water partition coefficient (Wildman–Crippen LogP) is 4.59. The Morgan fingerprint density at radius 1 is 0.962 bits per heavy atom. The Hall–Kier alpha value is -3.28. The number of rotatable bonds is 5. The van der Waals surface area contributed by atoms with E-state index in [4.69, 9.17) is 0 Å². The molecule has 0 fully saturated rings. The average Bonchev–Trinajstić information content (AvgIpc) is 2.66. The molecule has 0 saturated carbocycles. The molecular formula is C20H17F2N3O. The molecule has 4 nitrogen and oxygen atoms in total. The van der Waals surface area contributed by atoms with Gasteiger partial charge in [-0.1, -0.05) is 30.3 Å². The molecule has 3 rings (SSSR count). The molecule has 1 amide bonds. The van der Waals surface area contributed by atoms with Crippen molar-refractivity contribution < 1.29 is 13.6 Å². The van der Waals surface area contributed by atoms with Crippen molar-refractivity contribution in [3.8, 4) is 0 Å². The zero-order valence-corrected chi connectivity index (χ0v) is 14.0. The molecule has 0 saturated heterocycles. The van der Waals surface area contributed by atoms with Crippen molar-refractivity contribution in [2.75, 3.05) is 5.32 Å². The average molecular weight is 353 g/mol. The van der Waals surface area contributed by atoms with Gasteiger partial charge in [-0.3, -0.25) is 4.79 Å². The van der Waals surface area contributed by atoms with Crippen molar-refractivity contribution in [1.82, 2.24) is 10.3 Å². The number of nitrogens with zero attached hydrogens (tertiary/aromatic N) is 1. The summed E-state index contributed by atoms with van der Waals surface area (Å²) in [7, 11) is 0. The Kier molecular flexibility index (Phi) is 5.22. The second kappa shape index (κ2) is 7.74. The molecule has 0 bridgehead atoms. The van der Waals surface area contributed by atoms with Crippen molar-refractivity contribution in [3.05, 3.63) is 89.8 Å². The van der Waals surface area contributed by atoms with Gasteiger partial charge >= 0.3 is 0 Å². The minimum absolute atomic E-state index is 0.148. The smallest absolute Gasteiger partial charge is 0.270 e. The highest BCUT2D eigenvalue weighted by molar-refractivity contribution is 5.92. The van der Waals surface area contributed by atoms with Gasteiger partial charge in [0, 0.05) is 11.8 Å². The third kappa shape index (κ3) is 4.22. The molecule has 0 spiro atoms. The van der Waals surface area contributed by atoms with E-state index < -0.39 is 11.6 Å². The largest absolute Gasteiger partial charge is 0.354 e. The van der Waals surface area contributed by atoms with Crippen LogP contribution < -0.4 is 10.6 Å². The van der Waals surface area contributed by atoms with E-state index in [-0.39, 0.29) is 17.6 Å². The van der Waals surface area contributed by atoms with Gasteiger partial charge in [0.1, 0.15) is 5.69 Å². The van der Waals surface area contributed by atoms with Crippen LogP contribution in [0.2, 0.25) is 0 Å². The van der Waals surface area contributed by atoms with Crippen LogP contribution in [0.15, 0.2) is 66.9 Å². The lowest BCUT2D eigenvalue weighted by Gasteiger charge is -2.14. The highest BCUT2D eigenvalue weighted by atomic mass is 19.2. The van der Waals surface area contributed by atoms with Crippen molar-refractivity contribution in [3.63, 3.8) is 0 Å². The summed E-state index contributed by atoms with van der Waals surface area (Å²) in [4.78, 5) is 16.4. The standard InChI is InChI=1S/C20H17F2N3O/c1-13(14-5-3-2-4-6-14)24-20(26)19-10-8-16(12-23-19)25-15-7-9-17(21)18(22)11-15/h2-13,25H,1H3,(H,24,26). The summed E-state index contributed by atoms with van der Waals surface area (Å²) in [6, 6.07) is 16.2. The van der Waals surface area contributed by atoms with Gasteiger partial charge in [-0.05, 0) is 36.8 Å². The minimum atomic E-state index is -0.936. The second-order valence-corrected chi connectivity index (χ2v) is 5.79. The number of carbonyl (C=O) groups excluding carboxylic acids is 1. The fraction of sp³-hybridized carbons (Fsp3) is 0.100. The van der Waals surface area contributed by atoms with Crippen LogP contribution in [0.1, 0.15) is 29.0 Å². The maximum Gasteiger partial charge on any atom is 0.270 e. The molecule has 26 heavy (non-hydrogen) atoms. The topological polar surface area (TPSA) is 54.0 Å². The van der Waals surface area contributed by atoms with E-state index >= 15 is 0 Å².